The van der Waals surface area contributed by atoms with Gasteiger partial charge in [-0.05, 0) is 32.0 Å². The highest BCUT2D eigenvalue weighted by atomic mass is 16.5. The number of nitrogens with zero attached hydrogens (tertiary/aromatic N) is 4. The molecule has 3 heterocycles. The molecule has 0 unspecified atom stereocenters. The van der Waals surface area contributed by atoms with Crippen LogP contribution < -0.4 is 10.1 Å². The minimum atomic E-state index is -0.424. The molecule has 0 saturated carbocycles. The van der Waals surface area contributed by atoms with Crippen LogP contribution in [0.5, 0.6) is 5.75 Å². The quantitative estimate of drug-likeness (QED) is 0.576. The smallest absolute Gasteiger partial charge is 0.322 e. The molecule has 0 radical (unpaired) electrons. The first-order valence-electron chi connectivity index (χ1n) is 8.35. The Morgan fingerprint density at radius 3 is 2.85 bits per heavy atom. The van der Waals surface area contributed by atoms with Crippen molar-refractivity contribution >= 4 is 22.9 Å². The van der Waals surface area contributed by atoms with Gasteiger partial charge in [-0.2, -0.15) is 5.10 Å². The van der Waals surface area contributed by atoms with Crippen LogP contribution >= 0.6 is 0 Å². The van der Waals surface area contributed by atoms with Crippen LogP contribution in [0.4, 0.5) is 6.01 Å². The summed E-state index contributed by atoms with van der Waals surface area (Å²) < 4.78 is 18.3. The molecular weight excluding hydrogens is 350 g/mol. The minimum Gasteiger partial charge on any atom is -0.493 e. The lowest BCUT2D eigenvalue weighted by Crippen LogP contribution is -2.13. The number of ether oxygens (including phenoxy) is 1. The third-order valence-corrected chi connectivity index (χ3v) is 4.10. The summed E-state index contributed by atoms with van der Waals surface area (Å²) in [5.41, 5.74) is 1.76. The number of hydrogen-bond acceptors (Lipinski definition) is 7. The number of furan rings is 1. The predicted molar refractivity (Wildman–Crippen MR) is 96.6 cm³/mol. The summed E-state index contributed by atoms with van der Waals surface area (Å²) in [7, 11) is 1.57. The highest BCUT2D eigenvalue weighted by molar-refractivity contribution is 6.01. The molecule has 9 nitrogen and oxygen atoms in total. The number of hydrogen-bond donors (Lipinski definition) is 1. The van der Waals surface area contributed by atoms with Crippen molar-refractivity contribution in [2.24, 2.45) is 0 Å². The zero-order valence-corrected chi connectivity index (χ0v) is 15.0. The van der Waals surface area contributed by atoms with Gasteiger partial charge in [0.25, 0.3) is 11.8 Å². The van der Waals surface area contributed by atoms with Crippen LogP contribution in [-0.2, 0) is 6.54 Å². The fourth-order valence-electron chi connectivity index (χ4n) is 2.78. The number of rotatable bonds is 5. The van der Waals surface area contributed by atoms with Crippen LogP contribution in [0.25, 0.3) is 22.6 Å². The first kappa shape index (κ1) is 16.8. The molecule has 0 fully saturated rings. The normalized spacial score (nSPS) is 11.1. The molecule has 0 atom stereocenters. The SMILES string of the molecule is CCn1nc(C(=O)Nc2nnc(-c3cc4cccc(OC)c4o3)o2)cc1C. The second kappa shape index (κ2) is 6.60. The van der Waals surface area contributed by atoms with Gasteiger partial charge in [0, 0.05) is 17.6 Å². The van der Waals surface area contributed by atoms with Crippen molar-refractivity contribution < 1.29 is 18.4 Å². The van der Waals surface area contributed by atoms with Crippen LogP contribution in [0.15, 0.2) is 39.2 Å². The van der Waals surface area contributed by atoms with Crippen molar-refractivity contribution in [2.75, 3.05) is 12.4 Å². The maximum Gasteiger partial charge on any atom is 0.322 e. The highest BCUT2D eigenvalue weighted by Crippen LogP contribution is 2.33. The molecule has 0 aliphatic carbocycles. The molecule has 0 bridgehead atoms. The lowest BCUT2D eigenvalue weighted by Gasteiger charge is -1.98. The Bertz CT molecular complexity index is 1120. The average Bonchev–Trinajstić information content (AvgIpc) is 3.38. The van der Waals surface area contributed by atoms with Crippen LogP contribution in [0, 0.1) is 6.92 Å². The van der Waals surface area contributed by atoms with Crippen molar-refractivity contribution in [2.45, 2.75) is 20.4 Å². The Morgan fingerprint density at radius 2 is 2.11 bits per heavy atom. The third-order valence-electron chi connectivity index (χ3n) is 4.10. The van der Waals surface area contributed by atoms with Gasteiger partial charge >= 0.3 is 6.01 Å². The van der Waals surface area contributed by atoms with E-state index in [1.807, 2.05) is 26.0 Å². The Balaban J connectivity index is 1.57. The van der Waals surface area contributed by atoms with Gasteiger partial charge < -0.3 is 13.6 Å². The summed E-state index contributed by atoms with van der Waals surface area (Å²) in [5, 5.41) is 15.4. The molecule has 4 aromatic rings. The number of amides is 1. The summed E-state index contributed by atoms with van der Waals surface area (Å²) >= 11 is 0. The second-order valence-electron chi connectivity index (χ2n) is 5.84. The number of nitrogens with one attached hydrogen (secondary N) is 1. The van der Waals surface area contributed by atoms with E-state index in [0.717, 1.165) is 11.1 Å². The van der Waals surface area contributed by atoms with E-state index in [-0.39, 0.29) is 17.6 Å². The molecule has 27 heavy (non-hydrogen) atoms. The third kappa shape index (κ3) is 3.03. The van der Waals surface area contributed by atoms with Gasteiger partial charge in [0.2, 0.25) is 0 Å². The fourth-order valence-corrected chi connectivity index (χ4v) is 2.78. The van der Waals surface area contributed by atoms with Crippen LogP contribution in [0.1, 0.15) is 23.1 Å². The average molecular weight is 367 g/mol. The van der Waals surface area contributed by atoms with E-state index in [0.29, 0.717) is 23.6 Å². The van der Waals surface area contributed by atoms with Crippen molar-refractivity contribution in [3.05, 3.63) is 41.7 Å². The van der Waals surface area contributed by atoms with Crippen LogP contribution in [-0.4, -0.2) is 33.0 Å². The lowest BCUT2D eigenvalue weighted by molar-refractivity contribution is 0.101. The first-order chi connectivity index (χ1) is 13.1. The number of carbonyl (C=O) groups is 1. The Morgan fingerprint density at radius 1 is 1.26 bits per heavy atom. The van der Waals surface area contributed by atoms with E-state index in [1.54, 1.807) is 30.0 Å². The summed E-state index contributed by atoms with van der Waals surface area (Å²) in [6.07, 6.45) is 0. The molecule has 0 aliphatic rings. The second-order valence-corrected chi connectivity index (χ2v) is 5.84. The number of aromatic nitrogens is 4. The summed E-state index contributed by atoms with van der Waals surface area (Å²) in [4.78, 5) is 12.3. The highest BCUT2D eigenvalue weighted by Gasteiger charge is 2.18. The molecule has 1 amide bonds. The lowest BCUT2D eigenvalue weighted by atomic mass is 10.2. The van der Waals surface area contributed by atoms with Gasteiger partial charge in [-0.3, -0.25) is 14.8 Å². The molecule has 0 saturated heterocycles. The summed E-state index contributed by atoms with van der Waals surface area (Å²) in [5.74, 6) is 0.716. The van der Waals surface area contributed by atoms with E-state index in [9.17, 15) is 4.79 Å². The molecule has 0 aliphatic heterocycles. The van der Waals surface area contributed by atoms with Crippen molar-refractivity contribution in [1.82, 2.24) is 20.0 Å². The number of carbonyl (C=O) groups excluding carboxylic acids is 1. The van der Waals surface area contributed by atoms with Gasteiger partial charge in [-0.15, -0.1) is 5.10 Å². The Kier molecular flexibility index (Phi) is 4.11. The first-order valence-corrected chi connectivity index (χ1v) is 8.35. The van der Waals surface area contributed by atoms with Crippen molar-refractivity contribution in [3.63, 3.8) is 0 Å². The topological polar surface area (TPSA) is 108 Å². The fraction of sp³-hybridized carbons (Fsp3) is 0.222. The van der Waals surface area contributed by atoms with Gasteiger partial charge in [-0.1, -0.05) is 17.2 Å². The largest absolute Gasteiger partial charge is 0.493 e. The number of anilines is 1. The zero-order valence-electron chi connectivity index (χ0n) is 15.0. The van der Waals surface area contributed by atoms with Crippen LogP contribution in [0.3, 0.4) is 0 Å². The molecule has 1 N–H and O–H groups in total. The number of benzene rings is 1. The number of aryl methyl sites for hydroxylation is 2. The summed E-state index contributed by atoms with van der Waals surface area (Å²) in [6.45, 7) is 4.52. The van der Waals surface area contributed by atoms with Crippen molar-refractivity contribution in [3.8, 4) is 17.4 Å². The molecule has 3 aromatic heterocycles. The Hall–Kier alpha value is -3.62. The van der Waals surface area contributed by atoms with Gasteiger partial charge in [-0.25, -0.2) is 0 Å². The number of fused-ring (bicyclic) bond motifs is 1. The molecule has 138 valence electrons. The molecule has 9 heteroatoms. The van der Waals surface area contributed by atoms with Crippen molar-refractivity contribution in [1.29, 1.82) is 0 Å². The maximum atomic E-state index is 12.3. The van der Waals surface area contributed by atoms with Gasteiger partial charge in [0.1, 0.15) is 0 Å². The van der Waals surface area contributed by atoms with E-state index in [1.165, 1.54) is 0 Å². The van der Waals surface area contributed by atoms with E-state index in [2.05, 4.69) is 20.6 Å². The molecule has 0 spiro atoms. The number of para-hydroxylation sites is 1. The number of methoxy groups -OCH3 is 1. The molecule has 4 rings (SSSR count). The summed E-state index contributed by atoms with van der Waals surface area (Å²) in [6, 6.07) is 8.97. The maximum absolute atomic E-state index is 12.3. The minimum absolute atomic E-state index is 0.0360. The van der Waals surface area contributed by atoms with E-state index < -0.39 is 5.91 Å². The van der Waals surface area contributed by atoms with Gasteiger partial charge in [0.05, 0.1) is 7.11 Å². The molecule has 1 aromatic carbocycles. The van der Waals surface area contributed by atoms with E-state index in [4.69, 9.17) is 13.6 Å². The van der Waals surface area contributed by atoms with E-state index >= 15 is 0 Å². The zero-order chi connectivity index (χ0) is 19.0. The Labute approximate surface area is 153 Å². The predicted octanol–water partition coefficient (Wildman–Crippen LogP) is 3.27. The monoisotopic (exact) mass is 367 g/mol. The standard InChI is InChI=1S/C18H17N5O4/c1-4-23-10(2)8-12(22-23)16(24)19-18-21-20-17(27-18)14-9-11-6-5-7-13(25-3)15(11)26-14/h5-9H,4H2,1-3H3,(H,19,21,24). The van der Waals surface area contributed by atoms with Gasteiger partial charge in [0.15, 0.2) is 22.8 Å². The van der Waals surface area contributed by atoms with Crippen LogP contribution in [0.2, 0.25) is 0 Å². The molecular formula is C18H17N5O4.